The Morgan fingerprint density at radius 1 is 1.18 bits per heavy atom. The second kappa shape index (κ2) is 4.25. The number of rotatable bonds is 2. The number of nitrogens with two attached hydrogens (primary N) is 1. The third-order valence-electron chi connectivity index (χ3n) is 2.45. The van der Waals surface area contributed by atoms with E-state index in [1.54, 1.807) is 18.2 Å². The second-order valence-corrected chi connectivity index (χ2v) is 3.58. The molecule has 0 aliphatic heterocycles. The minimum absolute atomic E-state index is 0.0225. The van der Waals surface area contributed by atoms with E-state index < -0.39 is 11.7 Å². The Labute approximate surface area is 97.3 Å². The molecule has 4 heteroatoms. The molecule has 2 rings (SSSR count). The molecule has 3 N–H and O–H groups in total. The van der Waals surface area contributed by atoms with E-state index in [0.29, 0.717) is 11.1 Å². The molecule has 0 unspecified atom stereocenters. The highest BCUT2D eigenvalue weighted by molar-refractivity contribution is 5.96. The summed E-state index contributed by atoms with van der Waals surface area (Å²) in [5, 5.41) is 9.43. The minimum Gasteiger partial charge on any atom is -0.507 e. The summed E-state index contributed by atoms with van der Waals surface area (Å²) < 4.78 is 13.5. The van der Waals surface area contributed by atoms with Crippen LogP contribution >= 0.6 is 0 Å². The molecule has 0 saturated heterocycles. The van der Waals surface area contributed by atoms with Crippen molar-refractivity contribution in [1.82, 2.24) is 0 Å². The van der Waals surface area contributed by atoms with Gasteiger partial charge >= 0.3 is 0 Å². The Morgan fingerprint density at radius 3 is 2.53 bits per heavy atom. The Balaban J connectivity index is 2.58. The van der Waals surface area contributed by atoms with Gasteiger partial charge in [-0.1, -0.05) is 24.3 Å². The summed E-state index contributed by atoms with van der Waals surface area (Å²) in [6.45, 7) is 0. The molecule has 2 aromatic carbocycles. The molecular formula is C13H10FNO2. The highest BCUT2D eigenvalue weighted by Crippen LogP contribution is 2.27. The lowest BCUT2D eigenvalue weighted by Gasteiger charge is -2.06. The van der Waals surface area contributed by atoms with Gasteiger partial charge in [-0.2, -0.15) is 0 Å². The number of hydrogen-bond acceptors (Lipinski definition) is 2. The van der Waals surface area contributed by atoms with Crippen molar-refractivity contribution in [2.45, 2.75) is 0 Å². The van der Waals surface area contributed by atoms with Gasteiger partial charge in [0.1, 0.15) is 11.6 Å². The molecule has 0 atom stereocenters. The Hall–Kier alpha value is -2.36. The molecule has 0 aromatic heterocycles. The summed E-state index contributed by atoms with van der Waals surface area (Å²) in [7, 11) is 0. The van der Waals surface area contributed by atoms with E-state index in [9.17, 15) is 14.3 Å². The highest BCUT2D eigenvalue weighted by atomic mass is 19.1. The zero-order valence-corrected chi connectivity index (χ0v) is 8.85. The average Bonchev–Trinajstić information content (AvgIpc) is 2.30. The molecule has 2 aromatic rings. The normalized spacial score (nSPS) is 10.2. The topological polar surface area (TPSA) is 63.3 Å². The molecular weight excluding hydrogens is 221 g/mol. The van der Waals surface area contributed by atoms with E-state index in [2.05, 4.69) is 0 Å². The number of hydrogen-bond donors (Lipinski definition) is 2. The molecule has 0 spiro atoms. The maximum atomic E-state index is 13.5. The molecule has 0 bridgehead atoms. The number of carbonyl (C=O) groups excluding carboxylic acids is 1. The maximum absolute atomic E-state index is 13.5. The van der Waals surface area contributed by atoms with Gasteiger partial charge in [0, 0.05) is 5.56 Å². The van der Waals surface area contributed by atoms with Crippen LogP contribution in [0.5, 0.6) is 5.75 Å². The minimum atomic E-state index is -0.749. The summed E-state index contributed by atoms with van der Waals surface area (Å²) in [5.74, 6) is -1.35. The molecule has 0 heterocycles. The van der Waals surface area contributed by atoms with Crippen molar-refractivity contribution in [2.75, 3.05) is 0 Å². The van der Waals surface area contributed by atoms with Crippen LogP contribution in [0, 0.1) is 5.82 Å². The van der Waals surface area contributed by atoms with E-state index in [4.69, 9.17) is 5.73 Å². The van der Waals surface area contributed by atoms with Gasteiger partial charge < -0.3 is 10.8 Å². The lowest BCUT2D eigenvalue weighted by atomic mass is 10.0. The fraction of sp³-hybridized carbons (Fsp3) is 0. The van der Waals surface area contributed by atoms with Gasteiger partial charge in [0.25, 0.3) is 5.91 Å². The Morgan fingerprint density at radius 2 is 1.88 bits per heavy atom. The van der Waals surface area contributed by atoms with Crippen molar-refractivity contribution in [1.29, 1.82) is 0 Å². The summed E-state index contributed by atoms with van der Waals surface area (Å²) in [4.78, 5) is 11.1. The molecule has 17 heavy (non-hydrogen) atoms. The van der Waals surface area contributed by atoms with Crippen molar-refractivity contribution >= 4 is 5.91 Å². The molecule has 0 aliphatic rings. The van der Waals surface area contributed by atoms with Gasteiger partial charge in [-0.15, -0.1) is 0 Å². The van der Waals surface area contributed by atoms with Crippen LogP contribution < -0.4 is 5.73 Å². The standard InChI is InChI=1S/C13H10FNO2/c14-11-4-2-1-3-9(11)8-5-6-12(16)10(7-8)13(15)17/h1-7,16H,(H2,15,17). The number of primary amides is 1. The van der Waals surface area contributed by atoms with Crippen molar-refractivity contribution in [3.63, 3.8) is 0 Å². The first-order valence-electron chi connectivity index (χ1n) is 4.97. The summed E-state index contributed by atoms with van der Waals surface area (Å²) >= 11 is 0. The van der Waals surface area contributed by atoms with E-state index in [1.807, 2.05) is 0 Å². The molecule has 0 aliphatic carbocycles. The molecule has 0 saturated carbocycles. The summed E-state index contributed by atoms with van der Waals surface area (Å²) in [5.41, 5.74) is 5.94. The van der Waals surface area contributed by atoms with Gasteiger partial charge in [-0.05, 0) is 23.8 Å². The van der Waals surface area contributed by atoms with Crippen molar-refractivity contribution in [3.8, 4) is 16.9 Å². The maximum Gasteiger partial charge on any atom is 0.252 e. The summed E-state index contributed by atoms with van der Waals surface area (Å²) in [6, 6.07) is 10.4. The van der Waals surface area contributed by atoms with Gasteiger partial charge in [0.15, 0.2) is 0 Å². The van der Waals surface area contributed by atoms with Crippen LogP contribution in [-0.2, 0) is 0 Å². The van der Waals surface area contributed by atoms with Crippen LogP contribution in [0.3, 0.4) is 0 Å². The third kappa shape index (κ3) is 2.10. The van der Waals surface area contributed by atoms with Crippen LogP contribution in [0.15, 0.2) is 42.5 Å². The number of carbonyl (C=O) groups is 1. The van der Waals surface area contributed by atoms with E-state index >= 15 is 0 Å². The largest absolute Gasteiger partial charge is 0.507 e. The van der Waals surface area contributed by atoms with E-state index in [0.717, 1.165) is 0 Å². The number of phenols is 1. The number of amides is 1. The Kier molecular flexibility index (Phi) is 2.78. The smallest absolute Gasteiger partial charge is 0.252 e. The zero-order valence-electron chi connectivity index (χ0n) is 8.85. The monoisotopic (exact) mass is 231 g/mol. The van der Waals surface area contributed by atoms with E-state index in [-0.39, 0.29) is 11.3 Å². The second-order valence-electron chi connectivity index (χ2n) is 3.58. The van der Waals surface area contributed by atoms with Crippen LogP contribution in [0.4, 0.5) is 4.39 Å². The molecule has 0 fully saturated rings. The quantitative estimate of drug-likeness (QED) is 0.832. The lowest BCUT2D eigenvalue weighted by Crippen LogP contribution is -2.11. The number of halogens is 1. The van der Waals surface area contributed by atoms with Gasteiger partial charge in [0.05, 0.1) is 5.56 Å². The first kappa shape index (κ1) is 11.1. The fourth-order valence-electron chi connectivity index (χ4n) is 1.60. The summed E-state index contributed by atoms with van der Waals surface area (Å²) in [6.07, 6.45) is 0. The number of benzene rings is 2. The predicted octanol–water partition coefficient (Wildman–Crippen LogP) is 2.30. The average molecular weight is 231 g/mol. The van der Waals surface area contributed by atoms with Gasteiger partial charge in [-0.25, -0.2) is 4.39 Å². The number of aromatic hydroxyl groups is 1. The van der Waals surface area contributed by atoms with E-state index in [1.165, 1.54) is 24.3 Å². The lowest BCUT2D eigenvalue weighted by molar-refractivity contribution is 0.0998. The van der Waals surface area contributed by atoms with Crippen molar-refractivity contribution in [2.24, 2.45) is 5.73 Å². The van der Waals surface area contributed by atoms with Crippen LogP contribution in [0.25, 0.3) is 11.1 Å². The first-order valence-corrected chi connectivity index (χ1v) is 4.97. The molecule has 3 nitrogen and oxygen atoms in total. The molecule has 86 valence electrons. The zero-order chi connectivity index (χ0) is 12.4. The van der Waals surface area contributed by atoms with Crippen LogP contribution in [0.1, 0.15) is 10.4 Å². The van der Waals surface area contributed by atoms with Gasteiger partial charge in [0.2, 0.25) is 0 Å². The highest BCUT2D eigenvalue weighted by Gasteiger charge is 2.11. The SMILES string of the molecule is NC(=O)c1cc(-c2ccccc2F)ccc1O. The first-order chi connectivity index (χ1) is 8.09. The third-order valence-corrected chi connectivity index (χ3v) is 2.45. The fourth-order valence-corrected chi connectivity index (χ4v) is 1.60. The van der Waals surface area contributed by atoms with Crippen LogP contribution in [0.2, 0.25) is 0 Å². The Bertz CT molecular complexity index is 581. The van der Waals surface area contributed by atoms with Crippen molar-refractivity contribution in [3.05, 3.63) is 53.8 Å². The van der Waals surface area contributed by atoms with Crippen molar-refractivity contribution < 1.29 is 14.3 Å². The molecule has 1 amide bonds. The van der Waals surface area contributed by atoms with Gasteiger partial charge in [-0.3, -0.25) is 4.79 Å². The predicted molar refractivity (Wildman–Crippen MR) is 62.0 cm³/mol. The molecule has 0 radical (unpaired) electrons. The van der Waals surface area contributed by atoms with Crippen LogP contribution in [-0.4, -0.2) is 11.0 Å².